The van der Waals surface area contributed by atoms with Crippen LogP contribution in [-0.2, 0) is 5.41 Å². The van der Waals surface area contributed by atoms with Crippen molar-refractivity contribution in [1.82, 2.24) is 4.57 Å². The van der Waals surface area contributed by atoms with E-state index in [1.54, 1.807) is 0 Å². The molecule has 0 radical (unpaired) electrons. The molecule has 1 aromatic heterocycles. The Morgan fingerprint density at radius 3 is 1.44 bits per heavy atom. The quantitative estimate of drug-likeness (QED) is 0.147. The topological polar surface area (TPSA) is 8.17 Å². The Labute approximate surface area is 460 Å². The van der Waals surface area contributed by atoms with Crippen LogP contribution in [-0.4, -0.2) is 4.57 Å². The minimum Gasteiger partial charge on any atom is -0.309 e. The maximum Gasteiger partial charge on any atom is 0.0754 e. The van der Waals surface area contributed by atoms with Crippen molar-refractivity contribution in [2.45, 2.75) is 5.41 Å². The van der Waals surface area contributed by atoms with E-state index >= 15 is 0 Å². The first-order valence-electron chi connectivity index (χ1n) is 27.4. The van der Waals surface area contributed by atoms with Crippen molar-refractivity contribution >= 4 is 49.6 Å². The Kier molecular flexibility index (Phi) is 10.2. The minimum absolute atomic E-state index is 0.548. The Balaban J connectivity index is 0.871. The molecule has 13 aromatic carbocycles. The number of hydrogen-bond acceptors (Lipinski definition) is 1. The molecule has 0 saturated heterocycles. The van der Waals surface area contributed by atoms with Gasteiger partial charge in [0.2, 0.25) is 0 Å². The summed E-state index contributed by atoms with van der Waals surface area (Å²) in [6.07, 6.45) is 0. The first-order chi connectivity index (χ1) is 39.2. The third kappa shape index (κ3) is 6.84. The number of benzene rings is 13. The van der Waals surface area contributed by atoms with Crippen LogP contribution in [0.1, 0.15) is 22.3 Å². The van der Waals surface area contributed by atoms with E-state index in [0.29, 0.717) is 0 Å². The summed E-state index contributed by atoms with van der Waals surface area (Å²) in [4.78, 5) is 2.47. The first kappa shape index (κ1) is 45.0. The molecule has 0 fully saturated rings. The van der Waals surface area contributed by atoms with Crippen LogP contribution in [0.15, 0.2) is 303 Å². The minimum atomic E-state index is -0.548. The molecule has 1 aliphatic carbocycles. The van der Waals surface area contributed by atoms with E-state index in [0.717, 1.165) is 28.2 Å². The average Bonchev–Trinajstić information content (AvgIpc) is 2.85. The first-order valence-corrected chi connectivity index (χ1v) is 27.4. The molecular weight excluding hydrogens is 953 g/mol. The van der Waals surface area contributed by atoms with Crippen LogP contribution in [0.5, 0.6) is 0 Å². The average molecular weight is 1000 g/mol. The molecule has 79 heavy (non-hydrogen) atoms. The molecule has 14 aromatic rings. The van der Waals surface area contributed by atoms with Crippen LogP contribution in [0.2, 0.25) is 0 Å². The normalized spacial score (nSPS) is 13.9. The lowest BCUT2D eigenvalue weighted by molar-refractivity contribution is 0.749. The fourth-order valence-electron chi connectivity index (χ4n) is 13.5. The molecule has 0 saturated carbocycles. The van der Waals surface area contributed by atoms with Gasteiger partial charge in [-0.1, -0.05) is 261 Å². The van der Waals surface area contributed by atoms with Gasteiger partial charge in [-0.2, -0.15) is 0 Å². The Bertz CT molecular complexity index is 4690. The molecule has 2 nitrogen and oxygen atoms in total. The Hall–Kier alpha value is -10.3. The highest BCUT2D eigenvalue weighted by molar-refractivity contribution is 6.13. The second-order valence-electron chi connectivity index (χ2n) is 21.1. The lowest BCUT2D eigenvalue weighted by Gasteiger charge is -2.39. The van der Waals surface area contributed by atoms with Crippen LogP contribution in [0.4, 0.5) is 17.1 Å². The summed E-state index contributed by atoms with van der Waals surface area (Å²) in [6, 6.07) is 112. The maximum atomic E-state index is 2.53. The third-order valence-electron chi connectivity index (χ3n) is 17.0. The van der Waals surface area contributed by atoms with Gasteiger partial charge in [0, 0.05) is 27.4 Å². The van der Waals surface area contributed by atoms with Gasteiger partial charge in [-0.3, -0.25) is 0 Å². The lowest BCUT2D eigenvalue weighted by Crippen LogP contribution is -2.33. The number of rotatable bonds is 8. The molecule has 368 valence electrons. The fraction of sp³-hybridized carbons (Fsp3) is 0.0130. The molecule has 2 aliphatic rings. The van der Waals surface area contributed by atoms with Gasteiger partial charge in [0.05, 0.1) is 33.5 Å². The van der Waals surface area contributed by atoms with E-state index in [9.17, 15) is 0 Å². The van der Waals surface area contributed by atoms with Gasteiger partial charge >= 0.3 is 0 Å². The van der Waals surface area contributed by atoms with Gasteiger partial charge in [-0.25, -0.2) is 0 Å². The van der Waals surface area contributed by atoms with Crippen molar-refractivity contribution in [2.75, 3.05) is 4.90 Å². The van der Waals surface area contributed by atoms with Crippen molar-refractivity contribution in [1.29, 1.82) is 0 Å². The van der Waals surface area contributed by atoms with Crippen LogP contribution in [0, 0.1) is 0 Å². The maximum absolute atomic E-state index is 2.53. The summed E-state index contributed by atoms with van der Waals surface area (Å²) in [5.74, 6) is 0. The number of nitrogens with zero attached hydrogens (tertiary/aromatic N) is 2. The number of aromatic nitrogens is 1. The molecule has 1 unspecified atom stereocenters. The second kappa shape index (κ2) is 17.9. The molecule has 0 amide bonds. The fourth-order valence-corrected chi connectivity index (χ4v) is 13.5. The zero-order valence-corrected chi connectivity index (χ0v) is 43.3. The molecule has 0 N–H and O–H groups in total. The molecule has 1 spiro atoms. The molecule has 16 rings (SSSR count). The molecular formula is C77H50N2. The molecule has 0 bridgehead atoms. The van der Waals surface area contributed by atoms with Crippen molar-refractivity contribution < 1.29 is 0 Å². The van der Waals surface area contributed by atoms with E-state index in [1.165, 1.54) is 116 Å². The summed E-state index contributed by atoms with van der Waals surface area (Å²) in [7, 11) is 0. The van der Waals surface area contributed by atoms with Gasteiger partial charge < -0.3 is 9.47 Å². The Morgan fingerprint density at radius 1 is 0.253 bits per heavy atom. The summed E-state index contributed by atoms with van der Waals surface area (Å²) < 4.78 is 2.53. The highest BCUT2D eigenvalue weighted by atomic mass is 15.1. The predicted octanol–water partition coefficient (Wildman–Crippen LogP) is 20.4. The van der Waals surface area contributed by atoms with Gasteiger partial charge in [-0.15, -0.1) is 0 Å². The molecule has 1 aliphatic heterocycles. The molecule has 1 atom stereocenters. The van der Waals surface area contributed by atoms with Crippen molar-refractivity contribution in [3.05, 3.63) is 326 Å². The number of anilines is 3. The smallest absolute Gasteiger partial charge is 0.0754 e. The third-order valence-corrected chi connectivity index (χ3v) is 17.0. The van der Waals surface area contributed by atoms with Gasteiger partial charge in [0.25, 0.3) is 0 Å². The summed E-state index contributed by atoms with van der Waals surface area (Å²) in [5.41, 5.74) is 26.2. The van der Waals surface area contributed by atoms with Crippen molar-refractivity contribution in [3.63, 3.8) is 0 Å². The van der Waals surface area contributed by atoms with Crippen LogP contribution in [0.3, 0.4) is 0 Å². The van der Waals surface area contributed by atoms with E-state index < -0.39 is 5.41 Å². The SMILES string of the molecule is c1ccc(-c2ccc(-c3ccc(N(c4ccccc4-c4ccc(-c5ccccc5)cc4)c4ccc(-c5ccc6c(c5)C5(c7ccccc7-6)c6ccccc6-n6c7ccccc7c7cccc5c76)c5ccccc45)cc3)cc2)cc1. The predicted molar refractivity (Wildman–Crippen MR) is 331 cm³/mol. The zero-order chi connectivity index (χ0) is 52.0. The van der Waals surface area contributed by atoms with Crippen LogP contribution < -0.4 is 4.90 Å². The van der Waals surface area contributed by atoms with Crippen molar-refractivity contribution in [2.24, 2.45) is 0 Å². The summed E-state index contributed by atoms with van der Waals surface area (Å²) in [5, 5.41) is 4.93. The number of fused-ring (bicyclic) bond motifs is 13. The molecule has 2 heterocycles. The lowest BCUT2D eigenvalue weighted by atomic mass is 9.65. The highest BCUT2D eigenvalue weighted by Gasteiger charge is 2.51. The monoisotopic (exact) mass is 1000 g/mol. The molecule has 2 heteroatoms. The Morgan fingerprint density at radius 2 is 0.734 bits per heavy atom. The zero-order valence-electron chi connectivity index (χ0n) is 43.3. The second-order valence-corrected chi connectivity index (χ2v) is 21.1. The summed E-state index contributed by atoms with van der Waals surface area (Å²) in [6.45, 7) is 0. The van der Waals surface area contributed by atoms with E-state index in [-0.39, 0.29) is 0 Å². The largest absolute Gasteiger partial charge is 0.309 e. The van der Waals surface area contributed by atoms with Gasteiger partial charge in [0.1, 0.15) is 0 Å². The van der Waals surface area contributed by atoms with E-state index in [2.05, 4.69) is 313 Å². The van der Waals surface area contributed by atoms with Crippen molar-refractivity contribution in [3.8, 4) is 72.4 Å². The van der Waals surface area contributed by atoms with E-state index in [4.69, 9.17) is 0 Å². The van der Waals surface area contributed by atoms with Gasteiger partial charge in [-0.05, 0) is 131 Å². The standard InChI is InChI=1S/C77H50N2/c1-3-18-51(19-4-1)53-34-36-55(37-35-53)56-42-45-59(46-43-56)78(72-31-14-10-22-61(72)57-40-38-54(39-41-57)52-20-5-2-6-21-52)74-49-48-60(62-23-7-8-25-65(62)74)58-44-47-64-63-24-9-12-28-68(63)77(71(64)50-58)69-29-13-16-33-75(69)79-73-32-15-11-26-66(73)67-27-17-30-70(77)76(67)79/h1-50H. The van der Waals surface area contributed by atoms with E-state index in [1.807, 2.05) is 0 Å². The number of hydrogen-bond donors (Lipinski definition) is 0. The van der Waals surface area contributed by atoms with Crippen LogP contribution in [0.25, 0.3) is 105 Å². The number of para-hydroxylation sites is 4. The van der Waals surface area contributed by atoms with Crippen LogP contribution >= 0.6 is 0 Å². The van der Waals surface area contributed by atoms with Gasteiger partial charge in [0.15, 0.2) is 0 Å². The highest BCUT2D eigenvalue weighted by Crippen LogP contribution is 2.61. The summed E-state index contributed by atoms with van der Waals surface area (Å²) >= 11 is 0.